The number of alkyl halides is 1. The molecule has 1 saturated carbocycles. The Balaban J connectivity index is 0.000000222. The predicted octanol–water partition coefficient (Wildman–Crippen LogP) is 1.80. The largest absolute Gasteiger partial charge is 0.330 e. The molecule has 0 bridgehead atoms. The van der Waals surface area contributed by atoms with Crippen molar-refractivity contribution in [2.75, 3.05) is 11.5 Å². The molecule has 0 aliphatic heterocycles. The van der Waals surface area contributed by atoms with Crippen LogP contribution in [-0.4, -0.2) is 11.5 Å². The summed E-state index contributed by atoms with van der Waals surface area (Å²) in [6.45, 7) is 0.917. The van der Waals surface area contributed by atoms with E-state index in [0.29, 0.717) is 0 Å². The molecule has 0 heterocycles. The smallest absolute Gasteiger partial charge is 0.00489 e. The number of hydrogen-bond donors (Lipinski definition) is 1. The summed E-state index contributed by atoms with van der Waals surface area (Å²) in [6.07, 6.45) is 4.19. The fourth-order valence-electron chi connectivity index (χ4n) is 0.729. The highest BCUT2D eigenvalue weighted by Gasteiger charge is 2.13. The zero-order valence-corrected chi connectivity index (χ0v) is 7.52. The second kappa shape index (κ2) is 5.82. The molecule has 0 aromatic rings. The Bertz CT molecular complexity index is 41.0. The van der Waals surface area contributed by atoms with Gasteiger partial charge in [0.05, 0.1) is 0 Å². The standard InChI is InChI=1S/C5H11N.CH3I/c6-4-5-2-1-3-5;1-2/h5H,1-4,6H2;1H3. The first-order chi connectivity index (χ1) is 3.93. The van der Waals surface area contributed by atoms with E-state index in [1.807, 2.05) is 4.93 Å². The van der Waals surface area contributed by atoms with Gasteiger partial charge in [0.1, 0.15) is 0 Å². The molecule has 2 N–H and O–H groups in total. The summed E-state index contributed by atoms with van der Waals surface area (Å²) in [5, 5.41) is 0. The number of halogens is 1. The van der Waals surface area contributed by atoms with Crippen LogP contribution in [0, 0.1) is 5.92 Å². The molecule has 0 amide bonds. The van der Waals surface area contributed by atoms with E-state index >= 15 is 0 Å². The van der Waals surface area contributed by atoms with Gasteiger partial charge in [0.15, 0.2) is 0 Å². The van der Waals surface area contributed by atoms with Crippen LogP contribution in [0.1, 0.15) is 19.3 Å². The zero-order valence-electron chi connectivity index (χ0n) is 5.36. The lowest BCUT2D eigenvalue weighted by molar-refractivity contribution is 0.325. The van der Waals surface area contributed by atoms with Gasteiger partial charge >= 0.3 is 0 Å². The number of rotatable bonds is 1. The van der Waals surface area contributed by atoms with E-state index in [4.69, 9.17) is 5.73 Å². The number of nitrogens with two attached hydrogens (primary N) is 1. The van der Waals surface area contributed by atoms with E-state index in [-0.39, 0.29) is 0 Å². The van der Waals surface area contributed by atoms with Crippen LogP contribution in [0.2, 0.25) is 0 Å². The third-order valence-electron chi connectivity index (χ3n) is 1.56. The molecule has 1 fully saturated rings. The Morgan fingerprint density at radius 2 is 2.00 bits per heavy atom. The first-order valence-corrected chi connectivity index (χ1v) is 5.17. The van der Waals surface area contributed by atoms with Crippen molar-refractivity contribution >= 4 is 22.6 Å². The summed E-state index contributed by atoms with van der Waals surface area (Å²) in [6, 6.07) is 0. The highest BCUT2D eigenvalue weighted by Crippen LogP contribution is 2.24. The molecular weight excluding hydrogens is 213 g/mol. The van der Waals surface area contributed by atoms with Crippen molar-refractivity contribution in [1.29, 1.82) is 0 Å². The summed E-state index contributed by atoms with van der Waals surface area (Å²) >= 11 is 2.15. The molecule has 1 aliphatic carbocycles. The Hall–Kier alpha value is 0.690. The van der Waals surface area contributed by atoms with E-state index in [2.05, 4.69) is 22.6 Å². The normalized spacial score (nSPS) is 18.4. The fraction of sp³-hybridized carbons (Fsp3) is 1.00. The van der Waals surface area contributed by atoms with Gasteiger partial charge in [0.25, 0.3) is 0 Å². The lowest BCUT2D eigenvalue weighted by atomic mass is 9.86. The van der Waals surface area contributed by atoms with Gasteiger partial charge in [-0.2, -0.15) is 0 Å². The minimum Gasteiger partial charge on any atom is -0.330 e. The monoisotopic (exact) mass is 227 g/mol. The Kier molecular flexibility index (Phi) is 6.32. The maximum absolute atomic E-state index is 5.33. The van der Waals surface area contributed by atoms with Crippen LogP contribution in [0.5, 0.6) is 0 Å². The van der Waals surface area contributed by atoms with E-state index in [0.717, 1.165) is 12.5 Å². The van der Waals surface area contributed by atoms with Gasteiger partial charge in [0.2, 0.25) is 0 Å². The summed E-state index contributed by atoms with van der Waals surface area (Å²) < 4.78 is 0. The molecular formula is C6H14IN. The molecule has 8 heavy (non-hydrogen) atoms. The molecule has 0 radical (unpaired) electrons. The van der Waals surface area contributed by atoms with Gasteiger partial charge in [-0.3, -0.25) is 0 Å². The minimum absolute atomic E-state index is 0.894. The molecule has 50 valence electrons. The third-order valence-corrected chi connectivity index (χ3v) is 1.56. The van der Waals surface area contributed by atoms with Crippen LogP contribution >= 0.6 is 22.6 Å². The van der Waals surface area contributed by atoms with Crippen LogP contribution in [0.25, 0.3) is 0 Å². The van der Waals surface area contributed by atoms with Gasteiger partial charge in [0, 0.05) is 0 Å². The van der Waals surface area contributed by atoms with Crippen molar-refractivity contribution in [2.24, 2.45) is 11.7 Å². The Labute approximate surface area is 65.2 Å². The summed E-state index contributed by atoms with van der Waals surface area (Å²) in [4.78, 5) is 1.97. The van der Waals surface area contributed by atoms with Crippen molar-refractivity contribution in [1.82, 2.24) is 0 Å². The quantitative estimate of drug-likeness (QED) is 0.536. The molecule has 2 heteroatoms. The van der Waals surface area contributed by atoms with E-state index < -0.39 is 0 Å². The highest BCUT2D eigenvalue weighted by atomic mass is 127. The molecule has 0 unspecified atom stereocenters. The van der Waals surface area contributed by atoms with Crippen LogP contribution in [0.4, 0.5) is 0 Å². The highest BCUT2D eigenvalue weighted by molar-refractivity contribution is 14.1. The Morgan fingerprint density at radius 1 is 1.50 bits per heavy atom. The SMILES string of the molecule is CI.NCC1CCC1. The van der Waals surface area contributed by atoms with Crippen molar-refractivity contribution in [2.45, 2.75) is 19.3 Å². The zero-order chi connectivity index (χ0) is 6.41. The van der Waals surface area contributed by atoms with Crippen molar-refractivity contribution in [3.63, 3.8) is 0 Å². The molecule has 1 aliphatic rings. The average Bonchev–Trinajstić information content (AvgIpc) is 1.69. The molecule has 0 saturated heterocycles. The first kappa shape index (κ1) is 8.69. The molecule has 1 nitrogen and oxygen atoms in total. The second-order valence-electron chi connectivity index (χ2n) is 2.03. The second-order valence-corrected chi connectivity index (χ2v) is 2.03. The molecule has 0 atom stereocenters. The molecule has 1 rings (SSSR count). The summed E-state index contributed by atoms with van der Waals surface area (Å²) in [7, 11) is 0. The van der Waals surface area contributed by atoms with Gasteiger partial charge in [-0.15, -0.1) is 0 Å². The van der Waals surface area contributed by atoms with Crippen molar-refractivity contribution in [3.05, 3.63) is 0 Å². The van der Waals surface area contributed by atoms with E-state index in [1.165, 1.54) is 19.3 Å². The van der Waals surface area contributed by atoms with Gasteiger partial charge < -0.3 is 5.73 Å². The summed E-state index contributed by atoms with van der Waals surface area (Å²) in [5.41, 5.74) is 5.33. The first-order valence-electron chi connectivity index (χ1n) is 3.01. The lowest BCUT2D eigenvalue weighted by Crippen LogP contribution is -2.20. The Morgan fingerprint density at radius 3 is 2.00 bits per heavy atom. The van der Waals surface area contributed by atoms with Gasteiger partial charge in [-0.05, 0) is 30.2 Å². The minimum atomic E-state index is 0.894. The predicted molar refractivity (Wildman–Crippen MR) is 46.3 cm³/mol. The third kappa shape index (κ3) is 2.87. The van der Waals surface area contributed by atoms with Crippen LogP contribution < -0.4 is 5.73 Å². The maximum Gasteiger partial charge on any atom is -0.00489 e. The number of hydrogen-bond acceptors (Lipinski definition) is 1. The maximum atomic E-state index is 5.33. The van der Waals surface area contributed by atoms with E-state index in [9.17, 15) is 0 Å². The fourth-order valence-corrected chi connectivity index (χ4v) is 0.729. The molecule has 0 spiro atoms. The van der Waals surface area contributed by atoms with Crippen LogP contribution in [0.3, 0.4) is 0 Å². The van der Waals surface area contributed by atoms with Crippen LogP contribution in [-0.2, 0) is 0 Å². The average molecular weight is 227 g/mol. The van der Waals surface area contributed by atoms with Gasteiger partial charge in [-0.1, -0.05) is 29.0 Å². The van der Waals surface area contributed by atoms with Crippen LogP contribution in [0.15, 0.2) is 0 Å². The van der Waals surface area contributed by atoms with Gasteiger partial charge in [-0.25, -0.2) is 0 Å². The van der Waals surface area contributed by atoms with Crippen molar-refractivity contribution in [3.8, 4) is 0 Å². The molecule has 0 aromatic carbocycles. The van der Waals surface area contributed by atoms with Crippen molar-refractivity contribution < 1.29 is 0 Å². The summed E-state index contributed by atoms with van der Waals surface area (Å²) in [5.74, 6) is 0.894. The molecule has 0 aromatic heterocycles. The topological polar surface area (TPSA) is 26.0 Å². The van der Waals surface area contributed by atoms with E-state index in [1.54, 1.807) is 0 Å². The lowest BCUT2D eigenvalue weighted by Gasteiger charge is -2.22.